The lowest BCUT2D eigenvalue weighted by molar-refractivity contribution is 0.139. The summed E-state index contributed by atoms with van der Waals surface area (Å²) in [5.74, 6) is 0.517. The van der Waals surface area contributed by atoms with Crippen LogP contribution < -0.4 is 4.74 Å². The lowest BCUT2D eigenvalue weighted by Gasteiger charge is -2.25. The van der Waals surface area contributed by atoms with E-state index in [-0.39, 0.29) is 12.6 Å². The maximum absolute atomic E-state index is 12.0. The molecule has 94 valence electrons. The Labute approximate surface area is 107 Å². The Kier molecular flexibility index (Phi) is 4.19. The third kappa shape index (κ3) is 3.01. The van der Waals surface area contributed by atoms with Gasteiger partial charge in [0.2, 0.25) is 0 Å². The van der Waals surface area contributed by atoms with Crippen LogP contribution in [0.4, 0.5) is 4.79 Å². The number of carbonyl (C=O) groups is 1. The van der Waals surface area contributed by atoms with Gasteiger partial charge in [-0.1, -0.05) is 31.0 Å². The predicted octanol–water partition coefficient (Wildman–Crippen LogP) is 2.95. The molecule has 0 unspecified atom stereocenters. The molecule has 4 heteroatoms. The Bertz CT molecular complexity index is 433. The van der Waals surface area contributed by atoms with E-state index in [1.165, 1.54) is 0 Å². The van der Waals surface area contributed by atoms with E-state index in [1.54, 1.807) is 17.0 Å². The zero-order chi connectivity index (χ0) is 12.8. The Balaban J connectivity index is 2.02. The van der Waals surface area contributed by atoms with E-state index in [4.69, 9.17) is 10.00 Å². The molecule has 1 aromatic carbocycles. The van der Waals surface area contributed by atoms with Crippen molar-refractivity contribution in [1.29, 1.82) is 5.26 Å². The first-order chi connectivity index (χ1) is 8.81. The van der Waals surface area contributed by atoms with Crippen LogP contribution in [0.5, 0.6) is 5.75 Å². The molecular formula is C14H16N2O2. The summed E-state index contributed by atoms with van der Waals surface area (Å²) >= 11 is 0. The lowest BCUT2D eigenvalue weighted by atomic mass is 10.2. The molecule has 0 heterocycles. The first kappa shape index (κ1) is 12.4. The fraction of sp³-hybridized carbons (Fsp3) is 0.429. The van der Waals surface area contributed by atoms with Gasteiger partial charge in [-0.2, -0.15) is 5.26 Å². The SMILES string of the molecule is N#CCN(C(=O)Oc1ccccc1)C1CCCC1. The Morgan fingerprint density at radius 1 is 1.33 bits per heavy atom. The van der Waals surface area contributed by atoms with Crippen LogP contribution in [-0.2, 0) is 0 Å². The molecule has 1 aromatic rings. The summed E-state index contributed by atoms with van der Waals surface area (Å²) in [5.41, 5.74) is 0. The molecule has 4 nitrogen and oxygen atoms in total. The molecule has 2 rings (SSSR count). The Morgan fingerprint density at radius 2 is 2.00 bits per heavy atom. The second-order valence-electron chi connectivity index (χ2n) is 4.41. The van der Waals surface area contributed by atoms with Gasteiger partial charge in [0.15, 0.2) is 0 Å². The number of amides is 1. The zero-order valence-electron chi connectivity index (χ0n) is 10.2. The number of hydrogen-bond acceptors (Lipinski definition) is 3. The van der Waals surface area contributed by atoms with Gasteiger partial charge in [0.05, 0.1) is 6.07 Å². The molecule has 1 saturated carbocycles. The van der Waals surface area contributed by atoms with Crippen molar-refractivity contribution < 1.29 is 9.53 Å². The summed E-state index contributed by atoms with van der Waals surface area (Å²) in [6, 6.07) is 11.1. The van der Waals surface area contributed by atoms with Gasteiger partial charge in [0.1, 0.15) is 12.3 Å². The van der Waals surface area contributed by atoms with E-state index in [9.17, 15) is 4.79 Å². The summed E-state index contributed by atoms with van der Waals surface area (Å²) in [5, 5.41) is 8.81. The second-order valence-corrected chi connectivity index (χ2v) is 4.41. The maximum atomic E-state index is 12.0. The number of nitriles is 1. The number of ether oxygens (including phenoxy) is 1. The van der Waals surface area contributed by atoms with Gasteiger partial charge in [-0.25, -0.2) is 4.79 Å². The first-order valence-corrected chi connectivity index (χ1v) is 6.21. The van der Waals surface area contributed by atoms with Gasteiger partial charge in [-0.05, 0) is 25.0 Å². The molecule has 0 spiro atoms. The average Bonchev–Trinajstić information content (AvgIpc) is 2.90. The van der Waals surface area contributed by atoms with E-state index in [1.807, 2.05) is 24.3 Å². The predicted molar refractivity (Wildman–Crippen MR) is 67.0 cm³/mol. The van der Waals surface area contributed by atoms with E-state index < -0.39 is 6.09 Å². The van der Waals surface area contributed by atoms with Crippen molar-refractivity contribution >= 4 is 6.09 Å². The highest BCUT2D eigenvalue weighted by Crippen LogP contribution is 2.24. The molecule has 0 radical (unpaired) electrons. The van der Waals surface area contributed by atoms with E-state index in [0.717, 1.165) is 25.7 Å². The number of carbonyl (C=O) groups excluding carboxylic acids is 1. The summed E-state index contributed by atoms with van der Waals surface area (Å²) in [6.45, 7) is 0.0936. The lowest BCUT2D eigenvalue weighted by Crippen LogP contribution is -2.40. The second kappa shape index (κ2) is 6.06. The summed E-state index contributed by atoms with van der Waals surface area (Å²) in [7, 11) is 0. The minimum absolute atomic E-state index is 0.0936. The molecule has 0 atom stereocenters. The van der Waals surface area contributed by atoms with Crippen LogP contribution >= 0.6 is 0 Å². The summed E-state index contributed by atoms with van der Waals surface area (Å²) in [6.07, 6.45) is 3.74. The Hall–Kier alpha value is -2.02. The van der Waals surface area contributed by atoms with Gasteiger partial charge in [-0.3, -0.25) is 4.90 Å². The van der Waals surface area contributed by atoms with Crippen molar-refractivity contribution in [3.8, 4) is 11.8 Å². The highest BCUT2D eigenvalue weighted by molar-refractivity contribution is 5.71. The monoisotopic (exact) mass is 244 g/mol. The molecule has 0 N–H and O–H groups in total. The van der Waals surface area contributed by atoms with E-state index in [2.05, 4.69) is 0 Å². The fourth-order valence-corrected chi connectivity index (χ4v) is 2.28. The summed E-state index contributed by atoms with van der Waals surface area (Å²) < 4.78 is 5.28. The standard InChI is InChI=1S/C14H16N2O2/c15-10-11-16(12-6-4-5-7-12)14(17)18-13-8-2-1-3-9-13/h1-3,8-9,12H,4-7,11H2. The molecule has 0 aromatic heterocycles. The van der Waals surface area contributed by atoms with Crippen LogP contribution in [0.3, 0.4) is 0 Å². The Morgan fingerprint density at radius 3 is 2.61 bits per heavy atom. The molecule has 1 aliphatic rings. The number of rotatable bonds is 3. The van der Waals surface area contributed by atoms with Crippen molar-refractivity contribution in [2.75, 3.05) is 6.54 Å². The minimum atomic E-state index is -0.422. The first-order valence-electron chi connectivity index (χ1n) is 6.21. The zero-order valence-corrected chi connectivity index (χ0v) is 10.2. The van der Waals surface area contributed by atoms with Crippen LogP contribution in [0, 0.1) is 11.3 Å². The van der Waals surface area contributed by atoms with Gasteiger partial charge in [0, 0.05) is 6.04 Å². The molecule has 0 saturated heterocycles. The van der Waals surface area contributed by atoms with Crippen LogP contribution in [0.1, 0.15) is 25.7 Å². The van der Waals surface area contributed by atoms with Crippen LogP contribution in [0.2, 0.25) is 0 Å². The molecule has 0 bridgehead atoms. The topological polar surface area (TPSA) is 53.3 Å². The molecule has 0 aliphatic heterocycles. The highest BCUT2D eigenvalue weighted by atomic mass is 16.6. The maximum Gasteiger partial charge on any atom is 0.416 e. The normalized spacial score (nSPS) is 15.1. The molecular weight excluding hydrogens is 228 g/mol. The van der Waals surface area contributed by atoms with Gasteiger partial charge in [0.25, 0.3) is 0 Å². The van der Waals surface area contributed by atoms with Crippen molar-refractivity contribution in [1.82, 2.24) is 4.90 Å². The number of hydrogen-bond donors (Lipinski definition) is 0. The van der Waals surface area contributed by atoms with Crippen molar-refractivity contribution in [2.45, 2.75) is 31.7 Å². The summed E-state index contributed by atoms with van der Waals surface area (Å²) in [4.78, 5) is 13.6. The fourth-order valence-electron chi connectivity index (χ4n) is 2.28. The van der Waals surface area contributed by atoms with Crippen LogP contribution in [0.15, 0.2) is 30.3 Å². The largest absolute Gasteiger partial charge is 0.416 e. The van der Waals surface area contributed by atoms with Crippen LogP contribution in [-0.4, -0.2) is 23.6 Å². The number of para-hydroxylation sites is 1. The highest BCUT2D eigenvalue weighted by Gasteiger charge is 2.27. The number of nitrogens with zero attached hydrogens (tertiary/aromatic N) is 2. The van der Waals surface area contributed by atoms with Crippen molar-refractivity contribution in [2.24, 2.45) is 0 Å². The average molecular weight is 244 g/mol. The van der Waals surface area contributed by atoms with Crippen LogP contribution in [0.25, 0.3) is 0 Å². The molecule has 18 heavy (non-hydrogen) atoms. The van der Waals surface area contributed by atoms with Gasteiger partial charge < -0.3 is 4.74 Å². The van der Waals surface area contributed by atoms with E-state index in [0.29, 0.717) is 5.75 Å². The smallest absolute Gasteiger partial charge is 0.410 e. The van der Waals surface area contributed by atoms with Gasteiger partial charge in [-0.15, -0.1) is 0 Å². The minimum Gasteiger partial charge on any atom is -0.410 e. The third-order valence-corrected chi connectivity index (χ3v) is 3.19. The third-order valence-electron chi connectivity index (χ3n) is 3.19. The molecule has 1 aliphatic carbocycles. The molecule has 1 amide bonds. The molecule has 1 fully saturated rings. The number of benzene rings is 1. The van der Waals surface area contributed by atoms with Crippen molar-refractivity contribution in [3.63, 3.8) is 0 Å². The van der Waals surface area contributed by atoms with Gasteiger partial charge >= 0.3 is 6.09 Å². The van der Waals surface area contributed by atoms with E-state index >= 15 is 0 Å². The van der Waals surface area contributed by atoms with Crippen molar-refractivity contribution in [3.05, 3.63) is 30.3 Å². The quantitative estimate of drug-likeness (QED) is 0.768.